The number of rotatable bonds is 6. The van der Waals surface area contributed by atoms with Crippen LogP contribution in [-0.2, 0) is 19.6 Å². The quantitative estimate of drug-likeness (QED) is 0.738. The lowest BCUT2D eigenvalue weighted by Crippen LogP contribution is -2.54. The van der Waals surface area contributed by atoms with Gasteiger partial charge in [-0.15, -0.1) is 0 Å². The first-order valence-electron chi connectivity index (χ1n) is 7.19. The second-order valence-electron chi connectivity index (χ2n) is 5.55. The highest BCUT2D eigenvalue weighted by Crippen LogP contribution is 2.21. The van der Waals surface area contributed by atoms with Gasteiger partial charge in [-0.05, 0) is 33.1 Å². The Morgan fingerprint density at radius 2 is 1.81 bits per heavy atom. The van der Waals surface area contributed by atoms with Crippen molar-refractivity contribution >= 4 is 21.9 Å². The third-order valence-electron chi connectivity index (χ3n) is 4.16. The van der Waals surface area contributed by atoms with Gasteiger partial charge in [0.25, 0.3) is 0 Å². The van der Waals surface area contributed by atoms with E-state index in [0.717, 1.165) is 0 Å². The first-order chi connectivity index (χ1) is 9.66. The van der Waals surface area contributed by atoms with Crippen molar-refractivity contribution in [3.05, 3.63) is 0 Å². The molecule has 21 heavy (non-hydrogen) atoms. The molecule has 1 amide bonds. The maximum atomic E-state index is 12.2. The van der Waals surface area contributed by atoms with Crippen molar-refractivity contribution in [2.45, 2.75) is 45.6 Å². The predicted molar refractivity (Wildman–Crippen MR) is 78.2 cm³/mol. The van der Waals surface area contributed by atoms with Crippen molar-refractivity contribution in [2.24, 2.45) is 5.92 Å². The molecule has 1 aliphatic heterocycles. The first-order valence-corrected chi connectivity index (χ1v) is 8.80. The lowest BCUT2D eigenvalue weighted by Gasteiger charge is -2.32. The smallest absolute Gasteiger partial charge is 0.329 e. The minimum Gasteiger partial charge on any atom is -0.480 e. The zero-order chi connectivity index (χ0) is 16.3. The summed E-state index contributed by atoms with van der Waals surface area (Å²) in [6.07, 6.45) is 1.13. The number of nitrogens with zero attached hydrogens (tertiary/aromatic N) is 1. The highest BCUT2D eigenvalue weighted by atomic mass is 32.2. The number of carbonyl (C=O) groups is 2. The Morgan fingerprint density at radius 3 is 2.19 bits per heavy atom. The summed E-state index contributed by atoms with van der Waals surface area (Å²) in [7, 11) is -3.22. The second kappa shape index (κ2) is 6.74. The molecule has 8 heteroatoms. The predicted octanol–water partition coefficient (Wildman–Crippen LogP) is 0.418. The van der Waals surface area contributed by atoms with Crippen LogP contribution in [0.2, 0.25) is 0 Å². The summed E-state index contributed by atoms with van der Waals surface area (Å²) in [5, 5.41) is 11.7. The van der Waals surface area contributed by atoms with Crippen LogP contribution < -0.4 is 5.32 Å². The normalized spacial score (nSPS) is 20.7. The van der Waals surface area contributed by atoms with Crippen molar-refractivity contribution in [3.8, 4) is 0 Å². The number of carbonyl (C=O) groups excluding carboxylic acids is 1. The van der Waals surface area contributed by atoms with Crippen LogP contribution in [-0.4, -0.2) is 54.1 Å². The molecule has 0 spiro atoms. The summed E-state index contributed by atoms with van der Waals surface area (Å²) in [6.45, 7) is 5.39. The standard InChI is InChI=1S/C13H24N2O5S/c1-4-13(3,12(17)18)14-11(16)10-6-8-15(9-7-10)21(19,20)5-2/h10H,4-9H2,1-3H3,(H,14,16)(H,17,18). The third kappa shape index (κ3) is 4.16. The fourth-order valence-corrected chi connectivity index (χ4v) is 3.38. The van der Waals surface area contributed by atoms with Crippen LogP contribution >= 0.6 is 0 Å². The first kappa shape index (κ1) is 17.9. The van der Waals surface area contributed by atoms with E-state index in [-0.39, 0.29) is 24.0 Å². The van der Waals surface area contributed by atoms with E-state index in [9.17, 15) is 18.0 Å². The van der Waals surface area contributed by atoms with E-state index in [1.54, 1.807) is 13.8 Å². The van der Waals surface area contributed by atoms with Gasteiger partial charge in [-0.25, -0.2) is 17.5 Å². The summed E-state index contributed by atoms with van der Waals surface area (Å²) in [5.74, 6) is -1.66. The molecule has 1 aliphatic rings. The van der Waals surface area contributed by atoms with Gasteiger partial charge in [0.1, 0.15) is 5.54 Å². The number of amides is 1. The van der Waals surface area contributed by atoms with E-state index in [4.69, 9.17) is 5.11 Å². The van der Waals surface area contributed by atoms with E-state index in [0.29, 0.717) is 25.9 Å². The highest BCUT2D eigenvalue weighted by molar-refractivity contribution is 7.89. The average molecular weight is 320 g/mol. The molecule has 0 bridgehead atoms. The van der Waals surface area contributed by atoms with Crippen LogP contribution in [0.3, 0.4) is 0 Å². The topological polar surface area (TPSA) is 104 Å². The highest BCUT2D eigenvalue weighted by Gasteiger charge is 2.36. The Morgan fingerprint density at radius 1 is 1.29 bits per heavy atom. The van der Waals surface area contributed by atoms with Crippen LogP contribution in [0.25, 0.3) is 0 Å². The summed E-state index contributed by atoms with van der Waals surface area (Å²) in [6, 6.07) is 0. The Bertz CT molecular complexity index is 497. The number of aliphatic carboxylic acids is 1. The Kier molecular flexibility index (Phi) is 5.75. The molecular weight excluding hydrogens is 296 g/mol. The molecule has 1 fully saturated rings. The van der Waals surface area contributed by atoms with Crippen LogP contribution in [0.1, 0.15) is 40.0 Å². The van der Waals surface area contributed by atoms with Gasteiger partial charge < -0.3 is 10.4 Å². The molecule has 1 saturated heterocycles. The molecule has 0 aliphatic carbocycles. The molecule has 122 valence electrons. The molecule has 0 aromatic rings. The van der Waals surface area contributed by atoms with E-state index >= 15 is 0 Å². The number of nitrogens with one attached hydrogen (secondary N) is 1. The Labute approximate surface area is 125 Å². The minimum atomic E-state index is -3.22. The van der Waals surface area contributed by atoms with Crippen molar-refractivity contribution in [2.75, 3.05) is 18.8 Å². The summed E-state index contributed by atoms with van der Waals surface area (Å²) < 4.78 is 24.9. The van der Waals surface area contributed by atoms with Crippen LogP contribution in [0.4, 0.5) is 0 Å². The lowest BCUT2D eigenvalue weighted by molar-refractivity contribution is -0.147. The zero-order valence-corrected chi connectivity index (χ0v) is 13.6. The molecule has 0 aromatic heterocycles. The van der Waals surface area contributed by atoms with E-state index < -0.39 is 21.5 Å². The van der Waals surface area contributed by atoms with Gasteiger partial charge >= 0.3 is 5.97 Å². The van der Waals surface area contributed by atoms with Crippen LogP contribution in [0.15, 0.2) is 0 Å². The van der Waals surface area contributed by atoms with Crippen LogP contribution in [0, 0.1) is 5.92 Å². The van der Waals surface area contributed by atoms with Gasteiger partial charge in [-0.2, -0.15) is 0 Å². The molecule has 7 nitrogen and oxygen atoms in total. The Hall–Kier alpha value is -1.15. The molecule has 0 radical (unpaired) electrons. The maximum absolute atomic E-state index is 12.2. The molecule has 0 saturated carbocycles. The zero-order valence-electron chi connectivity index (χ0n) is 12.8. The van der Waals surface area contributed by atoms with E-state index in [1.165, 1.54) is 11.2 Å². The van der Waals surface area contributed by atoms with Gasteiger partial charge in [0.15, 0.2) is 0 Å². The average Bonchev–Trinajstić information content (AvgIpc) is 2.46. The Balaban J connectivity index is 2.63. The molecule has 0 aromatic carbocycles. The molecule has 1 rings (SSSR count). The van der Waals surface area contributed by atoms with E-state index in [2.05, 4.69) is 5.32 Å². The molecule has 1 atom stereocenters. The number of sulfonamides is 1. The lowest BCUT2D eigenvalue weighted by atomic mass is 9.93. The molecule has 1 unspecified atom stereocenters. The number of carboxylic acids is 1. The van der Waals surface area contributed by atoms with Crippen LogP contribution in [0.5, 0.6) is 0 Å². The molecule has 1 heterocycles. The van der Waals surface area contributed by atoms with Crippen molar-refractivity contribution in [3.63, 3.8) is 0 Å². The van der Waals surface area contributed by atoms with Crippen molar-refractivity contribution in [1.29, 1.82) is 0 Å². The fourth-order valence-electron chi connectivity index (χ4n) is 2.25. The maximum Gasteiger partial charge on any atom is 0.329 e. The minimum absolute atomic E-state index is 0.0524. The third-order valence-corrected chi connectivity index (χ3v) is 6.04. The largest absolute Gasteiger partial charge is 0.480 e. The van der Waals surface area contributed by atoms with Crippen molar-refractivity contribution in [1.82, 2.24) is 9.62 Å². The number of carboxylic acid groups (broad SMARTS) is 1. The van der Waals surface area contributed by atoms with Crippen molar-refractivity contribution < 1.29 is 23.1 Å². The van der Waals surface area contributed by atoms with Gasteiger partial charge in [0.2, 0.25) is 15.9 Å². The number of hydrogen-bond donors (Lipinski definition) is 2. The molecular formula is C13H24N2O5S. The molecule has 2 N–H and O–H groups in total. The second-order valence-corrected chi connectivity index (χ2v) is 7.81. The number of piperidine rings is 1. The fraction of sp³-hybridized carbons (Fsp3) is 0.846. The van der Waals surface area contributed by atoms with Gasteiger partial charge in [-0.1, -0.05) is 6.92 Å². The SMILES string of the molecule is CCC(C)(NC(=O)C1CCN(S(=O)(=O)CC)CC1)C(=O)O. The van der Waals surface area contributed by atoms with E-state index in [1.807, 2.05) is 0 Å². The van der Waals surface area contributed by atoms with Gasteiger partial charge in [0, 0.05) is 19.0 Å². The number of hydrogen-bond acceptors (Lipinski definition) is 4. The summed E-state index contributed by atoms with van der Waals surface area (Å²) >= 11 is 0. The summed E-state index contributed by atoms with van der Waals surface area (Å²) in [5.41, 5.74) is -1.27. The summed E-state index contributed by atoms with van der Waals surface area (Å²) in [4.78, 5) is 23.4. The van der Waals surface area contributed by atoms with Gasteiger partial charge in [0.05, 0.1) is 5.75 Å². The van der Waals surface area contributed by atoms with Gasteiger partial charge in [-0.3, -0.25) is 4.79 Å². The monoisotopic (exact) mass is 320 g/mol.